The molecule has 0 radical (unpaired) electrons. The SMILES string of the molecule is Cc1nnc(SCC(N)C23CC4CC(CC(C4)C2)C3)o1. The number of aryl methyl sites for hydroxylation is 1. The first-order chi connectivity index (χ1) is 9.63. The predicted octanol–water partition coefficient (Wildman–Crippen LogP) is 3.01. The highest BCUT2D eigenvalue weighted by Gasteiger charge is 2.53. The summed E-state index contributed by atoms with van der Waals surface area (Å²) in [6.07, 6.45) is 8.52. The van der Waals surface area contributed by atoms with E-state index in [4.69, 9.17) is 10.2 Å². The highest BCUT2D eigenvalue weighted by atomic mass is 32.2. The summed E-state index contributed by atoms with van der Waals surface area (Å²) in [5.74, 6) is 4.43. The maximum absolute atomic E-state index is 6.62. The zero-order chi connectivity index (χ0) is 13.7. The minimum atomic E-state index is 0.271. The third kappa shape index (κ3) is 2.19. The molecule has 0 aromatic carbocycles. The van der Waals surface area contributed by atoms with Crippen LogP contribution in [-0.4, -0.2) is 22.0 Å². The van der Waals surface area contributed by atoms with E-state index in [-0.39, 0.29) is 6.04 Å². The molecule has 20 heavy (non-hydrogen) atoms. The van der Waals surface area contributed by atoms with E-state index in [0.29, 0.717) is 16.5 Å². The van der Waals surface area contributed by atoms with Crippen LogP contribution in [0.4, 0.5) is 0 Å². The van der Waals surface area contributed by atoms with Gasteiger partial charge in [-0.15, -0.1) is 10.2 Å². The smallest absolute Gasteiger partial charge is 0.276 e. The van der Waals surface area contributed by atoms with E-state index in [1.54, 1.807) is 11.8 Å². The molecule has 4 nitrogen and oxygen atoms in total. The Morgan fingerprint density at radius 1 is 1.20 bits per heavy atom. The number of hydrogen-bond acceptors (Lipinski definition) is 5. The lowest BCUT2D eigenvalue weighted by Gasteiger charge is -2.58. The van der Waals surface area contributed by atoms with E-state index in [1.165, 1.54) is 38.5 Å². The Hall–Kier alpha value is -0.550. The van der Waals surface area contributed by atoms with Crippen molar-refractivity contribution >= 4 is 11.8 Å². The molecule has 0 saturated heterocycles. The quantitative estimate of drug-likeness (QED) is 0.864. The number of aromatic nitrogens is 2. The molecule has 0 aliphatic heterocycles. The fourth-order valence-electron chi connectivity index (χ4n) is 5.31. The number of hydrogen-bond donors (Lipinski definition) is 1. The molecule has 1 aromatic heterocycles. The topological polar surface area (TPSA) is 64.9 Å². The van der Waals surface area contributed by atoms with E-state index < -0.39 is 0 Å². The summed E-state index contributed by atoms with van der Waals surface area (Å²) in [7, 11) is 0. The molecule has 110 valence electrons. The lowest BCUT2D eigenvalue weighted by molar-refractivity contribution is -0.0629. The van der Waals surface area contributed by atoms with Crippen LogP contribution in [0.3, 0.4) is 0 Å². The van der Waals surface area contributed by atoms with E-state index in [2.05, 4.69) is 10.2 Å². The Balaban J connectivity index is 1.44. The largest absolute Gasteiger partial charge is 0.416 e. The summed E-state index contributed by atoms with van der Waals surface area (Å²) in [5.41, 5.74) is 7.03. The van der Waals surface area contributed by atoms with Crippen LogP contribution < -0.4 is 5.73 Å². The van der Waals surface area contributed by atoms with Crippen molar-refractivity contribution < 1.29 is 4.42 Å². The van der Waals surface area contributed by atoms with Gasteiger partial charge in [-0.1, -0.05) is 11.8 Å². The molecule has 4 bridgehead atoms. The first kappa shape index (κ1) is 13.1. The molecular weight excluding hydrogens is 270 g/mol. The summed E-state index contributed by atoms with van der Waals surface area (Å²) in [6.45, 7) is 1.83. The average molecular weight is 293 g/mol. The molecule has 2 N–H and O–H groups in total. The van der Waals surface area contributed by atoms with Gasteiger partial charge in [-0.25, -0.2) is 0 Å². The third-order valence-electron chi connectivity index (χ3n) is 5.77. The summed E-state index contributed by atoms with van der Waals surface area (Å²) in [5, 5.41) is 8.60. The van der Waals surface area contributed by atoms with Crippen molar-refractivity contribution in [2.45, 2.75) is 56.7 Å². The molecule has 5 rings (SSSR count). The molecule has 0 spiro atoms. The van der Waals surface area contributed by atoms with Gasteiger partial charge < -0.3 is 10.2 Å². The highest BCUT2D eigenvalue weighted by Crippen LogP contribution is 2.61. The van der Waals surface area contributed by atoms with Gasteiger partial charge in [0, 0.05) is 18.7 Å². The predicted molar refractivity (Wildman–Crippen MR) is 78.3 cm³/mol. The van der Waals surface area contributed by atoms with Crippen LogP contribution in [0.15, 0.2) is 9.64 Å². The number of thioether (sulfide) groups is 1. The molecule has 4 saturated carbocycles. The molecule has 1 unspecified atom stereocenters. The van der Waals surface area contributed by atoms with Gasteiger partial charge in [-0.3, -0.25) is 0 Å². The second kappa shape index (κ2) is 4.73. The maximum Gasteiger partial charge on any atom is 0.276 e. The van der Waals surface area contributed by atoms with Gasteiger partial charge in [0.15, 0.2) is 0 Å². The van der Waals surface area contributed by atoms with E-state index >= 15 is 0 Å². The van der Waals surface area contributed by atoms with Gasteiger partial charge in [-0.2, -0.15) is 0 Å². The molecule has 4 aliphatic carbocycles. The molecular formula is C15H23N3OS. The molecule has 4 fully saturated rings. The summed E-state index contributed by atoms with van der Waals surface area (Å²) >= 11 is 1.63. The van der Waals surface area contributed by atoms with E-state index in [9.17, 15) is 0 Å². The van der Waals surface area contributed by atoms with Crippen LogP contribution in [-0.2, 0) is 0 Å². The lowest BCUT2D eigenvalue weighted by atomic mass is 9.48. The van der Waals surface area contributed by atoms with Crippen LogP contribution in [0.2, 0.25) is 0 Å². The van der Waals surface area contributed by atoms with Gasteiger partial charge in [0.1, 0.15) is 0 Å². The molecule has 5 heteroatoms. The van der Waals surface area contributed by atoms with E-state index in [1.807, 2.05) is 6.92 Å². The highest BCUT2D eigenvalue weighted by molar-refractivity contribution is 7.99. The van der Waals surface area contributed by atoms with Crippen LogP contribution in [0.5, 0.6) is 0 Å². The second-order valence-corrected chi connectivity index (χ2v) is 8.26. The fraction of sp³-hybridized carbons (Fsp3) is 0.867. The Bertz CT molecular complexity index is 466. The van der Waals surface area contributed by atoms with Crippen LogP contribution in [0.1, 0.15) is 44.4 Å². The molecule has 1 heterocycles. The minimum Gasteiger partial charge on any atom is -0.416 e. The zero-order valence-electron chi connectivity index (χ0n) is 12.0. The van der Waals surface area contributed by atoms with Crippen molar-refractivity contribution in [2.24, 2.45) is 28.9 Å². The van der Waals surface area contributed by atoms with Crippen molar-refractivity contribution in [1.82, 2.24) is 10.2 Å². The van der Waals surface area contributed by atoms with Crippen molar-refractivity contribution in [3.05, 3.63) is 5.89 Å². The Kier molecular flexibility index (Phi) is 3.11. The van der Waals surface area contributed by atoms with Crippen molar-refractivity contribution in [2.75, 3.05) is 5.75 Å². The maximum atomic E-state index is 6.62. The van der Waals surface area contributed by atoms with Crippen molar-refractivity contribution in [3.8, 4) is 0 Å². The number of rotatable bonds is 4. The van der Waals surface area contributed by atoms with E-state index in [0.717, 1.165) is 23.5 Å². The molecule has 0 amide bonds. The summed E-state index contributed by atoms with van der Waals surface area (Å²) in [6, 6.07) is 0.271. The van der Waals surface area contributed by atoms with Crippen molar-refractivity contribution in [3.63, 3.8) is 0 Å². The van der Waals surface area contributed by atoms with Gasteiger partial charge in [0.05, 0.1) is 0 Å². The minimum absolute atomic E-state index is 0.271. The van der Waals surface area contributed by atoms with Gasteiger partial charge in [-0.05, 0) is 61.7 Å². The zero-order valence-corrected chi connectivity index (χ0v) is 12.9. The van der Waals surface area contributed by atoms with Crippen LogP contribution in [0, 0.1) is 30.1 Å². The Labute approximate surface area is 124 Å². The number of nitrogens with zero attached hydrogens (tertiary/aromatic N) is 2. The van der Waals surface area contributed by atoms with Gasteiger partial charge in [0.2, 0.25) is 5.89 Å². The summed E-state index contributed by atoms with van der Waals surface area (Å²) in [4.78, 5) is 0. The number of nitrogens with two attached hydrogens (primary N) is 1. The summed E-state index contributed by atoms with van der Waals surface area (Å²) < 4.78 is 5.44. The average Bonchev–Trinajstić information content (AvgIpc) is 2.80. The third-order valence-corrected chi connectivity index (χ3v) is 6.70. The first-order valence-electron chi connectivity index (χ1n) is 7.81. The normalized spacial score (nSPS) is 40.2. The molecule has 1 atom stereocenters. The van der Waals surface area contributed by atoms with Crippen LogP contribution >= 0.6 is 11.8 Å². The monoisotopic (exact) mass is 293 g/mol. The Morgan fingerprint density at radius 2 is 1.80 bits per heavy atom. The van der Waals surface area contributed by atoms with Crippen molar-refractivity contribution in [1.29, 1.82) is 0 Å². The van der Waals surface area contributed by atoms with Gasteiger partial charge in [0.25, 0.3) is 5.22 Å². The second-order valence-electron chi connectivity index (χ2n) is 7.28. The van der Waals surface area contributed by atoms with Gasteiger partial charge >= 0.3 is 0 Å². The Morgan fingerprint density at radius 3 is 2.30 bits per heavy atom. The molecule has 4 aliphatic rings. The lowest BCUT2D eigenvalue weighted by Crippen LogP contribution is -2.55. The fourth-order valence-corrected chi connectivity index (χ4v) is 6.26. The first-order valence-corrected chi connectivity index (χ1v) is 8.80. The van der Waals surface area contributed by atoms with Crippen LogP contribution in [0.25, 0.3) is 0 Å². The molecule has 1 aromatic rings. The standard InChI is InChI=1S/C15H23N3OS/c1-9-17-18-14(19-9)20-8-13(16)15-5-10-2-11(6-15)4-12(3-10)7-15/h10-13H,2-8,16H2,1H3.